The first-order chi connectivity index (χ1) is 8.76. The summed E-state index contributed by atoms with van der Waals surface area (Å²) >= 11 is 0. The molecule has 0 radical (unpaired) electrons. The van der Waals surface area contributed by atoms with Gasteiger partial charge in [0.1, 0.15) is 5.82 Å². The van der Waals surface area contributed by atoms with Gasteiger partial charge >= 0.3 is 0 Å². The molecular weight excluding hydrogens is 232 g/mol. The van der Waals surface area contributed by atoms with Gasteiger partial charge in [0.05, 0.1) is 24.9 Å². The van der Waals surface area contributed by atoms with Crippen LogP contribution in [0, 0.1) is 11.8 Å². The van der Waals surface area contributed by atoms with Crippen molar-refractivity contribution in [2.45, 2.75) is 13.5 Å². The van der Waals surface area contributed by atoms with Crippen LogP contribution >= 0.6 is 0 Å². The first kappa shape index (κ1) is 12.1. The molecule has 0 spiro atoms. The Hall–Kier alpha value is -2.33. The Kier molecular flexibility index (Phi) is 3.60. The molecule has 0 saturated heterocycles. The molecule has 0 atom stereocenters. The molecule has 7 nitrogen and oxygen atoms in total. The number of anilines is 1. The van der Waals surface area contributed by atoms with E-state index in [2.05, 4.69) is 32.1 Å². The molecule has 0 aliphatic rings. The number of nitrogens with two attached hydrogens (primary N) is 1. The van der Waals surface area contributed by atoms with Gasteiger partial charge in [-0.15, -0.1) is 0 Å². The van der Waals surface area contributed by atoms with Crippen molar-refractivity contribution in [3.63, 3.8) is 0 Å². The lowest BCUT2D eigenvalue weighted by molar-refractivity contribution is 0.184. The molecule has 2 aromatic heterocycles. The van der Waals surface area contributed by atoms with E-state index in [4.69, 9.17) is 10.5 Å². The van der Waals surface area contributed by atoms with Crippen molar-refractivity contribution < 1.29 is 4.74 Å². The second-order valence-electron chi connectivity index (χ2n) is 3.54. The number of hydrogen-bond acceptors (Lipinski definition) is 5. The minimum atomic E-state index is 0.494. The van der Waals surface area contributed by atoms with Crippen molar-refractivity contribution in [2.75, 3.05) is 19.5 Å². The van der Waals surface area contributed by atoms with E-state index in [1.54, 1.807) is 24.9 Å². The maximum absolute atomic E-state index is 5.97. The van der Waals surface area contributed by atoms with Crippen molar-refractivity contribution in [3.8, 4) is 23.2 Å². The van der Waals surface area contributed by atoms with Crippen LogP contribution in [0.1, 0.15) is 12.7 Å². The standard InChI is InChI=1S/C11H14N6O/c1-3-4-9-14-11(16-15-9)8-7-13-17(10(8)12)5-6-18-2/h7H,5-6,12H2,1-2H3,(H,14,15,16). The molecule has 3 N–H and O–H groups in total. The third kappa shape index (κ3) is 2.33. The zero-order valence-corrected chi connectivity index (χ0v) is 10.3. The minimum Gasteiger partial charge on any atom is -0.383 e. The minimum absolute atomic E-state index is 0.494. The fourth-order valence-electron chi connectivity index (χ4n) is 1.48. The largest absolute Gasteiger partial charge is 0.383 e. The van der Waals surface area contributed by atoms with Gasteiger partial charge in [0, 0.05) is 7.11 Å². The number of ether oxygens (including phenoxy) is 1. The molecule has 0 aliphatic carbocycles. The zero-order chi connectivity index (χ0) is 13.0. The van der Waals surface area contributed by atoms with Crippen LogP contribution in [-0.4, -0.2) is 38.7 Å². The van der Waals surface area contributed by atoms with Crippen LogP contribution < -0.4 is 5.73 Å². The summed E-state index contributed by atoms with van der Waals surface area (Å²) in [6, 6.07) is 0. The maximum Gasteiger partial charge on any atom is 0.201 e. The van der Waals surface area contributed by atoms with Crippen LogP contribution in [0.3, 0.4) is 0 Å². The van der Waals surface area contributed by atoms with Gasteiger partial charge in [0.2, 0.25) is 5.82 Å². The molecule has 94 valence electrons. The van der Waals surface area contributed by atoms with Gasteiger partial charge in [-0.1, -0.05) is 5.92 Å². The van der Waals surface area contributed by atoms with E-state index >= 15 is 0 Å². The highest BCUT2D eigenvalue weighted by Crippen LogP contribution is 2.21. The summed E-state index contributed by atoms with van der Waals surface area (Å²) in [5.41, 5.74) is 6.66. The monoisotopic (exact) mass is 246 g/mol. The van der Waals surface area contributed by atoms with E-state index < -0.39 is 0 Å². The molecule has 18 heavy (non-hydrogen) atoms. The average molecular weight is 246 g/mol. The van der Waals surface area contributed by atoms with Gasteiger partial charge in [-0.25, -0.2) is 4.68 Å². The number of nitrogens with one attached hydrogen (secondary N) is 1. The second kappa shape index (κ2) is 5.33. The van der Waals surface area contributed by atoms with Crippen LogP contribution in [0.5, 0.6) is 0 Å². The van der Waals surface area contributed by atoms with Crippen molar-refractivity contribution in [1.29, 1.82) is 0 Å². The molecule has 7 heteroatoms. The molecule has 0 amide bonds. The number of H-pyrrole nitrogens is 1. The summed E-state index contributed by atoms with van der Waals surface area (Å²) in [7, 11) is 1.63. The molecule has 2 rings (SSSR count). The van der Waals surface area contributed by atoms with E-state index in [9.17, 15) is 0 Å². The summed E-state index contributed by atoms with van der Waals surface area (Å²) in [4.78, 5) is 4.22. The lowest BCUT2D eigenvalue weighted by Gasteiger charge is -2.02. The van der Waals surface area contributed by atoms with Crippen LogP contribution in [0.25, 0.3) is 11.4 Å². The smallest absolute Gasteiger partial charge is 0.201 e. The van der Waals surface area contributed by atoms with E-state index in [0.717, 1.165) is 0 Å². The topological polar surface area (TPSA) is 94.6 Å². The highest BCUT2D eigenvalue weighted by molar-refractivity contribution is 5.67. The molecule has 2 heterocycles. The normalized spacial score (nSPS) is 10.1. The van der Waals surface area contributed by atoms with Crippen LogP contribution in [0.2, 0.25) is 0 Å². The van der Waals surface area contributed by atoms with Crippen LogP contribution in [-0.2, 0) is 11.3 Å². The van der Waals surface area contributed by atoms with Crippen LogP contribution in [0.15, 0.2) is 6.20 Å². The summed E-state index contributed by atoms with van der Waals surface area (Å²) in [6.07, 6.45) is 1.64. The summed E-state index contributed by atoms with van der Waals surface area (Å²) in [6.45, 7) is 2.87. The third-order valence-electron chi connectivity index (χ3n) is 2.36. The Morgan fingerprint density at radius 1 is 1.56 bits per heavy atom. The Labute approximate surface area is 104 Å². The predicted molar refractivity (Wildman–Crippen MR) is 66.4 cm³/mol. The molecule has 0 saturated carbocycles. The van der Waals surface area contributed by atoms with E-state index in [-0.39, 0.29) is 0 Å². The number of nitrogen functional groups attached to an aromatic ring is 1. The van der Waals surface area contributed by atoms with Crippen molar-refractivity contribution >= 4 is 5.82 Å². The predicted octanol–water partition coefficient (Wildman–Crippen LogP) is 0.268. The van der Waals surface area contributed by atoms with Crippen molar-refractivity contribution in [3.05, 3.63) is 12.0 Å². The molecule has 0 aliphatic heterocycles. The molecule has 0 fully saturated rings. The molecule has 2 aromatic rings. The fraction of sp³-hybridized carbons (Fsp3) is 0.364. The average Bonchev–Trinajstić information content (AvgIpc) is 2.94. The molecular formula is C11H14N6O. The first-order valence-electron chi connectivity index (χ1n) is 5.42. The number of aromatic amines is 1. The number of nitrogens with zero attached hydrogens (tertiary/aromatic N) is 4. The fourth-order valence-corrected chi connectivity index (χ4v) is 1.48. The van der Waals surface area contributed by atoms with Gasteiger partial charge in [0.25, 0.3) is 0 Å². The summed E-state index contributed by atoms with van der Waals surface area (Å²) in [5, 5.41) is 11.0. The summed E-state index contributed by atoms with van der Waals surface area (Å²) < 4.78 is 6.63. The van der Waals surface area contributed by atoms with E-state index in [0.29, 0.717) is 36.2 Å². The zero-order valence-electron chi connectivity index (χ0n) is 10.3. The van der Waals surface area contributed by atoms with Crippen molar-refractivity contribution in [2.24, 2.45) is 0 Å². The van der Waals surface area contributed by atoms with E-state index in [1.807, 2.05) is 0 Å². The Balaban J connectivity index is 2.26. The highest BCUT2D eigenvalue weighted by atomic mass is 16.5. The Morgan fingerprint density at radius 3 is 3.11 bits per heavy atom. The molecule has 0 unspecified atom stereocenters. The first-order valence-corrected chi connectivity index (χ1v) is 5.42. The Bertz CT molecular complexity index is 588. The lowest BCUT2D eigenvalue weighted by atomic mass is 10.3. The number of rotatable bonds is 4. The molecule has 0 bridgehead atoms. The van der Waals surface area contributed by atoms with Crippen LogP contribution in [0.4, 0.5) is 5.82 Å². The number of methoxy groups -OCH3 is 1. The van der Waals surface area contributed by atoms with Gasteiger partial charge in [-0.3, -0.25) is 5.10 Å². The molecule has 0 aromatic carbocycles. The number of hydrogen-bond donors (Lipinski definition) is 2. The SMILES string of the molecule is CC#Cc1nc(-c2cnn(CCOC)c2N)n[nH]1. The quantitative estimate of drug-likeness (QED) is 0.755. The highest BCUT2D eigenvalue weighted by Gasteiger charge is 2.13. The second-order valence-corrected chi connectivity index (χ2v) is 3.54. The number of aromatic nitrogens is 5. The van der Waals surface area contributed by atoms with Gasteiger partial charge in [0.15, 0.2) is 5.82 Å². The van der Waals surface area contributed by atoms with E-state index in [1.165, 1.54) is 0 Å². The lowest BCUT2D eigenvalue weighted by Crippen LogP contribution is -2.09. The summed E-state index contributed by atoms with van der Waals surface area (Å²) in [5.74, 6) is 7.06. The van der Waals surface area contributed by atoms with Crippen molar-refractivity contribution in [1.82, 2.24) is 25.0 Å². The Morgan fingerprint density at radius 2 is 2.39 bits per heavy atom. The van der Waals surface area contributed by atoms with Gasteiger partial charge in [-0.2, -0.15) is 15.2 Å². The van der Waals surface area contributed by atoms with Gasteiger partial charge in [-0.05, 0) is 12.8 Å². The third-order valence-corrected chi connectivity index (χ3v) is 2.36. The maximum atomic E-state index is 5.97. The van der Waals surface area contributed by atoms with Gasteiger partial charge < -0.3 is 10.5 Å².